The van der Waals surface area contributed by atoms with Crippen molar-refractivity contribution in [2.75, 3.05) is 39.6 Å². The van der Waals surface area contributed by atoms with Crippen molar-refractivity contribution in [2.24, 2.45) is 0 Å². The molecule has 0 amide bonds. The molecule has 184 valence electrons. The highest BCUT2D eigenvalue weighted by atomic mass is 19.1. The topological polar surface area (TPSA) is 62.2 Å². The van der Waals surface area contributed by atoms with E-state index in [1.165, 1.54) is 0 Å². The molecule has 0 spiro atoms. The predicted octanol–water partition coefficient (Wildman–Crippen LogP) is 5.78. The van der Waals surface area contributed by atoms with Gasteiger partial charge in [0.15, 0.2) is 0 Å². The Bertz CT molecular complexity index is 1170. The Kier molecular flexibility index (Phi) is 7.87. The van der Waals surface area contributed by atoms with E-state index in [4.69, 9.17) is 9.47 Å². The number of nitrogens with zero attached hydrogens (tertiary/aromatic N) is 1. The second-order valence-corrected chi connectivity index (χ2v) is 8.40. The Morgan fingerprint density at radius 2 is 1.60 bits per heavy atom. The van der Waals surface area contributed by atoms with Crippen LogP contribution in [-0.4, -0.2) is 54.7 Å². The molecule has 3 aromatic carbocycles. The van der Waals surface area contributed by atoms with Gasteiger partial charge in [0.25, 0.3) is 0 Å². The first kappa shape index (κ1) is 24.5. The van der Waals surface area contributed by atoms with E-state index in [1.807, 2.05) is 37.3 Å². The predicted molar refractivity (Wildman–Crippen MR) is 132 cm³/mol. The number of hydrogen-bond acceptors (Lipinski definition) is 5. The van der Waals surface area contributed by atoms with Gasteiger partial charge >= 0.3 is 0 Å². The van der Waals surface area contributed by atoms with E-state index in [-0.39, 0.29) is 24.6 Å². The molecular formula is C28H29F2NO4. The average Bonchev–Trinajstić information content (AvgIpc) is 2.85. The molecule has 1 heterocycles. The molecule has 2 N–H and O–H groups in total. The van der Waals surface area contributed by atoms with Gasteiger partial charge in [0.1, 0.15) is 49.1 Å². The van der Waals surface area contributed by atoms with Crippen LogP contribution >= 0.6 is 0 Å². The summed E-state index contributed by atoms with van der Waals surface area (Å²) in [7, 11) is 0. The summed E-state index contributed by atoms with van der Waals surface area (Å²) in [5.41, 5.74) is 4.35. The minimum absolute atomic E-state index is 0.151. The molecule has 35 heavy (non-hydrogen) atoms. The van der Waals surface area contributed by atoms with Crippen molar-refractivity contribution < 1.29 is 28.5 Å². The number of alkyl halides is 2. The maximum absolute atomic E-state index is 12.6. The maximum atomic E-state index is 12.6. The fourth-order valence-corrected chi connectivity index (χ4v) is 4.32. The highest BCUT2D eigenvalue weighted by Gasteiger charge is 2.29. The largest absolute Gasteiger partial charge is 0.508 e. The molecule has 7 heteroatoms. The summed E-state index contributed by atoms with van der Waals surface area (Å²) >= 11 is 0. The van der Waals surface area contributed by atoms with Gasteiger partial charge in [-0.05, 0) is 66.1 Å². The van der Waals surface area contributed by atoms with Gasteiger partial charge < -0.3 is 19.7 Å². The van der Waals surface area contributed by atoms with Crippen molar-refractivity contribution in [1.82, 2.24) is 4.90 Å². The van der Waals surface area contributed by atoms with Gasteiger partial charge in [-0.15, -0.1) is 0 Å². The van der Waals surface area contributed by atoms with Gasteiger partial charge in [0.2, 0.25) is 0 Å². The molecule has 1 unspecified atom stereocenters. The highest BCUT2D eigenvalue weighted by molar-refractivity contribution is 5.95. The summed E-state index contributed by atoms with van der Waals surface area (Å²) in [5.74, 6) is 1.62. The van der Waals surface area contributed by atoms with E-state index < -0.39 is 19.5 Å². The average molecular weight is 482 g/mol. The van der Waals surface area contributed by atoms with Crippen LogP contribution in [0.3, 0.4) is 0 Å². The Morgan fingerprint density at radius 3 is 2.29 bits per heavy atom. The Morgan fingerprint density at radius 1 is 0.886 bits per heavy atom. The molecule has 1 aliphatic heterocycles. The molecule has 0 radical (unpaired) electrons. The zero-order valence-electron chi connectivity index (χ0n) is 19.6. The minimum atomic E-state index is -0.521. The summed E-state index contributed by atoms with van der Waals surface area (Å²) in [4.78, 5) is 1.69. The minimum Gasteiger partial charge on any atom is -0.508 e. The molecule has 0 bridgehead atoms. The van der Waals surface area contributed by atoms with Crippen LogP contribution in [-0.2, 0) is 0 Å². The van der Waals surface area contributed by atoms with Crippen LogP contribution in [0.4, 0.5) is 8.78 Å². The first-order valence-electron chi connectivity index (χ1n) is 11.6. The summed E-state index contributed by atoms with van der Waals surface area (Å²) in [6, 6.07) is 19.6. The zero-order valence-corrected chi connectivity index (χ0v) is 19.6. The summed E-state index contributed by atoms with van der Waals surface area (Å²) in [6.45, 7) is 2.08. The number of fused-ring (bicyclic) bond motifs is 1. The number of ether oxygens (including phenoxy) is 2. The van der Waals surface area contributed by atoms with Crippen LogP contribution in [0.2, 0.25) is 0 Å². The number of benzene rings is 3. The fraction of sp³-hybridized carbons (Fsp3) is 0.286. The molecule has 1 atom stereocenters. The lowest BCUT2D eigenvalue weighted by atomic mass is 9.86. The summed E-state index contributed by atoms with van der Waals surface area (Å²) < 4.78 is 37.4. The van der Waals surface area contributed by atoms with Crippen LogP contribution in [0.25, 0.3) is 11.1 Å². The monoisotopic (exact) mass is 481 g/mol. The van der Waals surface area contributed by atoms with Crippen molar-refractivity contribution in [3.05, 3.63) is 83.4 Å². The molecule has 0 aromatic heterocycles. The van der Waals surface area contributed by atoms with Crippen molar-refractivity contribution in [1.29, 1.82) is 0 Å². The number of aromatic hydroxyl groups is 2. The number of rotatable bonds is 10. The van der Waals surface area contributed by atoms with Gasteiger partial charge in [-0.2, -0.15) is 0 Å². The summed E-state index contributed by atoms with van der Waals surface area (Å²) in [6.07, 6.45) is -0.438. The van der Waals surface area contributed by atoms with E-state index in [1.54, 1.807) is 41.3 Å². The molecule has 3 aromatic rings. The second-order valence-electron chi connectivity index (χ2n) is 8.40. The van der Waals surface area contributed by atoms with E-state index >= 15 is 0 Å². The van der Waals surface area contributed by atoms with Crippen molar-refractivity contribution >= 4 is 11.1 Å². The third-order valence-corrected chi connectivity index (χ3v) is 6.10. The van der Waals surface area contributed by atoms with Crippen LogP contribution in [0.1, 0.15) is 29.7 Å². The van der Waals surface area contributed by atoms with Crippen LogP contribution < -0.4 is 9.47 Å². The van der Waals surface area contributed by atoms with Gasteiger partial charge in [-0.1, -0.05) is 24.3 Å². The normalized spacial score (nSPS) is 15.1. The van der Waals surface area contributed by atoms with Gasteiger partial charge in [0, 0.05) is 30.8 Å². The first-order valence-corrected chi connectivity index (χ1v) is 11.6. The number of phenols is 2. The SMILES string of the molecule is CC1=C(c2cccc(O)c2)C(c2ccc(OCCN(CCF)CCF)cc2)Oc2ccc(O)cc21. The third-order valence-electron chi connectivity index (χ3n) is 6.10. The zero-order chi connectivity index (χ0) is 24.8. The fourth-order valence-electron chi connectivity index (χ4n) is 4.32. The highest BCUT2D eigenvalue weighted by Crippen LogP contribution is 2.47. The molecule has 0 saturated heterocycles. The number of phenolic OH excluding ortho intramolecular Hbond substituents is 2. The molecule has 0 saturated carbocycles. The smallest absolute Gasteiger partial charge is 0.150 e. The van der Waals surface area contributed by atoms with Crippen molar-refractivity contribution in [2.45, 2.75) is 13.0 Å². The third kappa shape index (κ3) is 5.74. The molecule has 0 aliphatic carbocycles. The second kappa shape index (κ2) is 11.2. The first-order chi connectivity index (χ1) is 17.0. The molecule has 5 nitrogen and oxygen atoms in total. The summed E-state index contributed by atoms with van der Waals surface area (Å²) in [5, 5.41) is 20.1. The number of allylic oxidation sites excluding steroid dienone is 1. The van der Waals surface area contributed by atoms with Gasteiger partial charge in [-0.3, -0.25) is 4.90 Å². The van der Waals surface area contributed by atoms with E-state index in [0.29, 0.717) is 24.7 Å². The van der Waals surface area contributed by atoms with Crippen LogP contribution in [0, 0.1) is 0 Å². The lowest BCUT2D eigenvalue weighted by Crippen LogP contribution is -2.32. The van der Waals surface area contributed by atoms with E-state index in [2.05, 4.69) is 0 Å². The van der Waals surface area contributed by atoms with Gasteiger partial charge in [0.05, 0.1) is 0 Å². The molecular weight excluding hydrogens is 452 g/mol. The van der Waals surface area contributed by atoms with Crippen LogP contribution in [0.5, 0.6) is 23.0 Å². The van der Waals surface area contributed by atoms with E-state index in [0.717, 1.165) is 27.8 Å². The molecule has 0 fully saturated rings. The standard InChI is InChI=1S/C28H29F2NO4/c1-19-25-18-23(33)7-10-26(25)35-28(27(19)21-3-2-4-22(32)17-21)20-5-8-24(9-6-20)34-16-15-31(13-11-29)14-12-30/h2-10,17-18,28,32-33H,11-16H2,1H3. The Balaban J connectivity index is 1.58. The lowest BCUT2D eigenvalue weighted by molar-refractivity contribution is 0.186. The van der Waals surface area contributed by atoms with Crippen LogP contribution in [0.15, 0.2) is 66.7 Å². The Labute approximate surface area is 203 Å². The van der Waals surface area contributed by atoms with Gasteiger partial charge in [-0.25, -0.2) is 8.78 Å². The maximum Gasteiger partial charge on any atom is 0.150 e. The molecule has 1 aliphatic rings. The Hall–Kier alpha value is -3.58. The quantitative estimate of drug-likeness (QED) is 0.384. The van der Waals surface area contributed by atoms with Crippen molar-refractivity contribution in [3.63, 3.8) is 0 Å². The lowest BCUT2D eigenvalue weighted by Gasteiger charge is -2.31. The number of halogens is 2. The number of hydrogen-bond donors (Lipinski definition) is 2. The van der Waals surface area contributed by atoms with E-state index in [9.17, 15) is 19.0 Å². The van der Waals surface area contributed by atoms with Crippen molar-refractivity contribution in [3.8, 4) is 23.0 Å². The molecule has 4 rings (SSSR count).